The lowest BCUT2D eigenvalue weighted by Gasteiger charge is -2.03. The van der Waals surface area contributed by atoms with Crippen molar-refractivity contribution in [2.45, 2.75) is 12.5 Å². The van der Waals surface area contributed by atoms with E-state index in [0.717, 1.165) is 0 Å². The van der Waals surface area contributed by atoms with Crippen LogP contribution in [0.25, 0.3) is 0 Å². The topological polar surface area (TPSA) is 88.8 Å². The molecule has 5 nitrogen and oxygen atoms in total. The second kappa shape index (κ2) is 4.04. The Morgan fingerprint density at radius 2 is 2.54 bits per heavy atom. The number of imidazole rings is 1. The fourth-order valence-corrected chi connectivity index (χ4v) is 1.25. The van der Waals surface area contributed by atoms with E-state index in [1.54, 1.807) is 6.20 Å². The molecule has 0 aliphatic carbocycles. The number of nitrogens with zero attached hydrogens (tertiary/aromatic N) is 1. The summed E-state index contributed by atoms with van der Waals surface area (Å²) in [5.74, 6) is 0. The third kappa shape index (κ3) is 2.55. The fourth-order valence-electron chi connectivity index (χ4n) is 0.866. The SMILES string of the molecule is C#S(=O)C(=O)[C@@H](N)Cc1cnc[nH]1. The predicted molar refractivity (Wildman–Crippen MR) is 48.4 cm³/mol. The zero-order valence-corrected chi connectivity index (χ0v) is 7.58. The standard InChI is InChI=1S/C7H9N3O2S/c1-13(12)7(11)6(8)2-5-3-9-4-10-5/h1,3-4,6H,2,8H2,(H,9,10)/t6-/m0/s1. The number of hydrogen-bond donors (Lipinski definition) is 2. The van der Waals surface area contributed by atoms with E-state index in [9.17, 15) is 9.00 Å². The molecule has 0 aromatic carbocycles. The Bertz CT molecular complexity index is 406. The lowest BCUT2D eigenvalue weighted by Crippen LogP contribution is -2.32. The summed E-state index contributed by atoms with van der Waals surface area (Å²) in [6.45, 7) is 0. The molecule has 13 heavy (non-hydrogen) atoms. The highest BCUT2D eigenvalue weighted by atomic mass is 32.2. The zero-order valence-electron chi connectivity index (χ0n) is 6.77. The first-order valence-electron chi connectivity index (χ1n) is 3.54. The molecule has 1 aromatic heterocycles. The molecular weight excluding hydrogens is 190 g/mol. The van der Waals surface area contributed by atoms with Crippen molar-refractivity contribution >= 4 is 15.3 Å². The monoisotopic (exact) mass is 199 g/mol. The maximum absolute atomic E-state index is 11.0. The van der Waals surface area contributed by atoms with Crippen LogP contribution in [0.1, 0.15) is 5.69 Å². The van der Waals surface area contributed by atoms with Crippen molar-refractivity contribution in [3.63, 3.8) is 0 Å². The molecule has 0 aliphatic rings. The third-order valence-electron chi connectivity index (χ3n) is 1.50. The van der Waals surface area contributed by atoms with E-state index in [1.807, 2.05) is 0 Å². The Hall–Kier alpha value is -1.36. The second-order valence-corrected chi connectivity index (χ2v) is 3.50. The zero-order chi connectivity index (χ0) is 9.84. The van der Waals surface area contributed by atoms with Crippen molar-refractivity contribution in [2.75, 3.05) is 0 Å². The summed E-state index contributed by atoms with van der Waals surface area (Å²) in [6.07, 6.45) is 3.29. The molecule has 0 bridgehead atoms. The molecule has 0 radical (unpaired) electrons. The molecular formula is C7H9N3O2S. The normalized spacial score (nSPS) is 12.3. The number of nitrogens with two attached hydrogens (primary N) is 1. The number of hydrogen-bond acceptors (Lipinski definition) is 4. The number of carbonyl (C=O) groups excluding carboxylic acids is 1. The van der Waals surface area contributed by atoms with Gasteiger partial charge in [-0.3, -0.25) is 4.79 Å². The van der Waals surface area contributed by atoms with Crippen LogP contribution in [0.4, 0.5) is 0 Å². The largest absolute Gasteiger partial charge is 0.348 e. The van der Waals surface area contributed by atoms with E-state index in [1.165, 1.54) is 6.33 Å². The molecule has 1 rings (SSSR count). The molecule has 6 heteroatoms. The number of rotatable bonds is 3. The van der Waals surface area contributed by atoms with Gasteiger partial charge in [-0.25, -0.2) is 9.19 Å². The Kier molecular flexibility index (Phi) is 3.02. The van der Waals surface area contributed by atoms with Gasteiger partial charge in [0.05, 0.1) is 22.6 Å². The van der Waals surface area contributed by atoms with Gasteiger partial charge in [0.1, 0.15) is 0 Å². The number of H-pyrrole nitrogens is 1. The summed E-state index contributed by atoms with van der Waals surface area (Å²) in [7, 11) is -2.00. The van der Waals surface area contributed by atoms with Crippen LogP contribution in [0, 0.1) is 5.69 Å². The maximum Gasteiger partial charge on any atom is 0.259 e. The predicted octanol–water partition coefficient (Wildman–Crippen LogP) is -0.856. The molecule has 0 amide bonds. The maximum atomic E-state index is 11.0. The number of nitrogens with one attached hydrogen (secondary N) is 1. The average Bonchev–Trinajstić information content (AvgIpc) is 2.55. The Morgan fingerprint density at radius 3 is 3.00 bits per heavy atom. The van der Waals surface area contributed by atoms with Gasteiger partial charge in [0.15, 0.2) is 0 Å². The van der Waals surface area contributed by atoms with Crippen LogP contribution in [-0.2, 0) is 21.4 Å². The van der Waals surface area contributed by atoms with E-state index in [0.29, 0.717) is 5.69 Å². The van der Waals surface area contributed by atoms with Gasteiger partial charge in [-0.05, 0) is 0 Å². The van der Waals surface area contributed by atoms with Crippen molar-refractivity contribution in [1.29, 1.82) is 0 Å². The molecule has 0 spiro atoms. The minimum Gasteiger partial charge on any atom is -0.348 e. The van der Waals surface area contributed by atoms with Crippen LogP contribution in [-0.4, -0.2) is 25.3 Å². The summed E-state index contributed by atoms with van der Waals surface area (Å²) < 4.78 is 10.5. The lowest BCUT2D eigenvalue weighted by molar-refractivity contribution is -0.112. The van der Waals surface area contributed by atoms with Crippen LogP contribution < -0.4 is 5.73 Å². The molecule has 0 saturated heterocycles. The number of aromatic nitrogens is 2. The van der Waals surface area contributed by atoms with E-state index in [-0.39, 0.29) is 6.42 Å². The number of carbonyl (C=O) groups is 1. The Morgan fingerprint density at radius 1 is 1.85 bits per heavy atom. The van der Waals surface area contributed by atoms with E-state index in [4.69, 9.17) is 11.4 Å². The van der Waals surface area contributed by atoms with Crippen molar-refractivity contribution in [2.24, 2.45) is 5.73 Å². The van der Waals surface area contributed by atoms with Crippen molar-refractivity contribution in [3.05, 3.63) is 18.2 Å². The highest BCUT2D eigenvalue weighted by Crippen LogP contribution is 1.96. The first-order valence-corrected chi connectivity index (χ1v) is 4.75. The minimum absolute atomic E-state index is 0.266. The minimum atomic E-state index is -2.00. The van der Waals surface area contributed by atoms with Crippen molar-refractivity contribution in [1.82, 2.24) is 9.97 Å². The van der Waals surface area contributed by atoms with Crippen molar-refractivity contribution in [3.8, 4) is 5.69 Å². The van der Waals surface area contributed by atoms with Crippen molar-refractivity contribution < 1.29 is 9.00 Å². The van der Waals surface area contributed by atoms with Crippen LogP contribution in [0.3, 0.4) is 0 Å². The second-order valence-electron chi connectivity index (χ2n) is 2.50. The van der Waals surface area contributed by atoms with Gasteiger partial charge in [0.25, 0.3) is 5.12 Å². The lowest BCUT2D eigenvalue weighted by atomic mass is 10.2. The summed E-state index contributed by atoms with van der Waals surface area (Å²) in [5.41, 5.74) is 11.0. The quantitative estimate of drug-likeness (QED) is 0.663. The molecule has 0 saturated carbocycles. The summed E-state index contributed by atoms with van der Waals surface area (Å²) in [4.78, 5) is 17.5. The van der Waals surface area contributed by atoms with Gasteiger partial charge in [-0.2, -0.15) is 0 Å². The highest BCUT2D eigenvalue weighted by Gasteiger charge is 2.14. The van der Waals surface area contributed by atoms with Crippen LogP contribution in [0.5, 0.6) is 0 Å². The molecule has 70 valence electrons. The molecule has 1 heterocycles. The highest BCUT2D eigenvalue weighted by molar-refractivity contribution is 7.90. The fraction of sp³-hybridized carbons (Fsp3) is 0.286. The van der Waals surface area contributed by atoms with Gasteiger partial charge in [-0.1, -0.05) is 5.69 Å². The van der Waals surface area contributed by atoms with Crippen LogP contribution >= 0.6 is 0 Å². The van der Waals surface area contributed by atoms with E-state index < -0.39 is 21.4 Å². The van der Waals surface area contributed by atoms with Gasteiger partial charge in [0.2, 0.25) is 0 Å². The Labute approximate surface area is 77.0 Å². The molecule has 1 atom stereocenters. The first kappa shape index (κ1) is 9.73. The van der Waals surface area contributed by atoms with E-state index in [2.05, 4.69) is 9.97 Å². The summed E-state index contributed by atoms with van der Waals surface area (Å²) in [5, 5.41) is -0.658. The molecule has 0 fully saturated rings. The Balaban J connectivity index is 2.62. The average molecular weight is 199 g/mol. The van der Waals surface area contributed by atoms with Gasteiger partial charge in [0, 0.05) is 18.3 Å². The molecule has 0 unspecified atom stereocenters. The molecule has 1 aromatic rings. The number of aromatic amines is 1. The molecule has 3 N–H and O–H groups in total. The van der Waals surface area contributed by atoms with E-state index >= 15 is 0 Å². The smallest absolute Gasteiger partial charge is 0.259 e. The molecule has 0 aliphatic heterocycles. The van der Waals surface area contributed by atoms with Gasteiger partial charge < -0.3 is 10.7 Å². The summed E-state index contributed by atoms with van der Waals surface area (Å²) in [6, 6.07) is -0.841. The first-order chi connectivity index (χ1) is 6.11. The third-order valence-corrected chi connectivity index (χ3v) is 2.20. The van der Waals surface area contributed by atoms with Gasteiger partial charge >= 0.3 is 0 Å². The van der Waals surface area contributed by atoms with Gasteiger partial charge in [-0.15, -0.1) is 0 Å². The van der Waals surface area contributed by atoms with Crippen LogP contribution in [0.15, 0.2) is 12.5 Å². The van der Waals surface area contributed by atoms with Crippen LogP contribution in [0.2, 0.25) is 0 Å². The summed E-state index contributed by atoms with van der Waals surface area (Å²) >= 11 is 0.